The van der Waals surface area contributed by atoms with Gasteiger partial charge in [0.05, 0.1) is 0 Å². The molecule has 8 heteroatoms. The summed E-state index contributed by atoms with van der Waals surface area (Å²) < 4.78 is 0. The van der Waals surface area contributed by atoms with E-state index in [-0.39, 0.29) is 17.4 Å². The van der Waals surface area contributed by atoms with Crippen LogP contribution in [0.25, 0.3) is 0 Å². The van der Waals surface area contributed by atoms with E-state index >= 15 is 0 Å². The zero-order valence-electron chi connectivity index (χ0n) is 14.0. The van der Waals surface area contributed by atoms with Crippen LogP contribution in [0.2, 0.25) is 0 Å². The topological polar surface area (TPSA) is 114 Å². The number of piperidine rings is 1. The van der Waals surface area contributed by atoms with Crippen molar-refractivity contribution < 1.29 is 9.59 Å². The quantitative estimate of drug-likeness (QED) is 0.874. The molecule has 0 aliphatic carbocycles. The maximum atomic E-state index is 12.5. The first-order valence-corrected chi connectivity index (χ1v) is 8.22. The van der Waals surface area contributed by atoms with Crippen LogP contribution in [0.15, 0.2) is 24.3 Å². The van der Waals surface area contributed by atoms with Crippen LogP contribution in [-0.2, 0) is 0 Å². The Hall–Kier alpha value is -3.03. The first-order chi connectivity index (χ1) is 12.0. The Morgan fingerprint density at radius 3 is 2.40 bits per heavy atom. The van der Waals surface area contributed by atoms with Crippen LogP contribution in [0.1, 0.15) is 45.9 Å². The van der Waals surface area contributed by atoms with Crippen molar-refractivity contribution in [3.63, 3.8) is 0 Å². The highest BCUT2D eigenvalue weighted by Gasteiger charge is 2.18. The number of primary amides is 1. The van der Waals surface area contributed by atoms with Gasteiger partial charge in [0.2, 0.25) is 0 Å². The number of benzene rings is 1. The summed E-state index contributed by atoms with van der Waals surface area (Å²) in [5, 5.41) is 10.5. The Morgan fingerprint density at radius 2 is 1.76 bits per heavy atom. The summed E-state index contributed by atoms with van der Waals surface area (Å²) in [5.41, 5.74) is 6.58. The number of hydrogen-bond donors (Lipinski definition) is 2. The Kier molecular flexibility index (Phi) is 4.87. The standard InChI is InChI=1S/C17H20N6O2/c1-11-19-16(14(15(18)24)22-21-11)20-13-7-5-12(6-8-13)17(25)23-9-3-2-4-10-23/h5-8H,2-4,9-10H2,1H3,(H2,18,24)(H,19,20,21). The Bertz CT molecular complexity index is 784. The SMILES string of the molecule is Cc1nnc(C(N)=O)c(Nc2ccc(C(=O)N3CCCCC3)cc2)n1. The number of aryl methyl sites for hydroxylation is 1. The van der Waals surface area contributed by atoms with Crippen LogP contribution >= 0.6 is 0 Å². The normalized spacial score (nSPS) is 14.2. The largest absolute Gasteiger partial charge is 0.364 e. The van der Waals surface area contributed by atoms with E-state index in [0.717, 1.165) is 25.9 Å². The summed E-state index contributed by atoms with van der Waals surface area (Å²) in [7, 11) is 0. The number of likely N-dealkylation sites (tertiary alicyclic amines) is 1. The fraction of sp³-hybridized carbons (Fsp3) is 0.353. The van der Waals surface area contributed by atoms with Crippen molar-refractivity contribution in [2.75, 3.05) is 18.4 Å². The van der Waals surface area contributed by atoms with Crippen molar-refractivity contribution in [2.45, 2.75) is 26.2 Å². The van der Waals surface area contributed by atoms with Gasteiger partial charge in [0, 0.05) is 24.3 Å². The number of nitrogens with one attached hydrogen (secondary N) is 1. The monoisotopic (exact) mass is 340 g/mol. The van der Waals surface area contributed by atoms with E-state index in [1.54, 1.807) is 31.2 Å². The first kappa shape index (κ1) is 16.8. The van der Waals surface area contributed by atoms with Gasteiger partial charge in [0.15, 0.2) is 11.5 Å². The lowest BCUT2D eigenvalue weighted by Crippen LogP contribution is -2.35. The maximum absolute atomic E-state index is 12.5. The second kappa shape index (κ2) is 7.25. The average molecular weight is 340 g/mol. The highest BCUT2D eigenvalue weighted by atomic mass is 16.2. The highest BCUT2D eigenvalue weighted by Crippen LogP contribution is 2.19. The zero-order chi connectivity index (χ0) is 17.8. The third-order valence-electron chi connectivity index (χ3n) is 4.06. The molecule has 2 aromatic rings. The van der Waals surface area contributed by atoms with Crippen molar-refractivity contribution in [2.24, 2.45) is 5.73 Å². The minimum atomic E-state index is -0.709. The van der Waals surface area contributed by atoms with Crippen molar-refractivity contribution in [3.8, 4) is 0 Å². The third kappa shape index (κ3) is 3.90. The van der Waals surface area contributed by atoms with Gasteiger partial charge in [-0.1, -0.05) is 0 Å². The van der Waals surface area contributed by atoms with Gasteiger partial charge in [-0.25, -0.2) is 4.98 Å². The molecule has 1 fully saturated rings. The summed E-state index contributed by atoms with van der Waals surface area (Å²) >= 11 is 0. The van der Waals surface area contributed by atoms with Crippen LogP contribution in [-0.4, -0.2) is 45.0 Å². The Labute approximate surface area is 145 Å². The van der Waals surface area contributed by atoms with Crippen molar-refractivity contribution in [3.05, 3.63) is 41.3 Å². The van der Waals surface area contributed by atoms with E-state index in [9.17, 15) is 9.59 Å². The summed E-state index contributed by atoms with van der Waals surface area (Å²) in [5.74, 6) is 0.00234. The average Bonchev–Trinajstić information content (AvgIpc) is 2.62. The van der Waals surface area contributed by atoms with Gasteiger partial charge in [0.25, 0.3) is 11.8 Å². The second-order valence-electron chi connectivity index (χ2n) is 5.98. The van der Waals surface area contributed by atoms with Crippen molar-refractivity contribution in [1.82, 2.24) is 20.1 Å². The molecule has 0 spiro atoms. The van der Waals surface area contributed by atoms with Gasteiger partial charge >= 0.3 is 0 Å². The molecule has 1 aliphatic heterocycles. The van der Waals surface area contributed by atoms with Gasteiger partial charge < -0.3 is 16.0 Å². The zero-order valence-corrected chi connectivity index (χ0v) is 14.0. The molecule has 0 bridgehead atoms. The fourth-order valence-electron chi connectivity index (χ4n) is 2.77. The molecule has 0 radical (unpaired) electrons. The van der Waals surface area contributed by atoms with Gasteiger partial charge in [-0.2, -0.15) is 0 Å². The van der Waals surface area contributed by atoms with Gasteiger partial charge in [-0.3, -0.25) is 9.59 Å². The molecule has 0 saturated carbocycles. The molecule has 2 amide bonds. The van der Waals surface area contributed by atoms with Crippen LogP contribution in [0.4, 0.5) is 11.5 Å². The summed E-state index contributed by atoms with van der Waals surface area (Å²) in [6, 6.07) is 7.04. The number of amides is 2. The summed E-state index contributed by atoms with van der Waals surface area (Å²) in [4.78, 5) is 29.9. The van der Waals surface area contributed by atoms with Gasteiger partial charge in [-0.15, -0.1) is 10.2 Å². The molecule has 1 aliphatic rings. The highest BCUT2D eigenvalue weighted by molar-refractivity contribution is 5.96. The summed E-state index contributed by atoms with van der Waals surface area (Å²) in [6.07, 6.45) is 3.30. The van der Waals surface area contributed by atoms with Crippen LogP contribution in [0.3, 0.4) is 0 Å². The fourth-order valence-corrected chi connectivity index (χ4v) is 2.77. The van der Waals surface area contributed by atoms with Crippen molar-refractivity contribution in [1.29, 1.82) is 0 Å². The molecular weight excluding hydrogens is 320 g/mol. The Balaban J connectivity index is 1.76. The van der Waals surface area contributed by atoms with E-state index in [2.05, 4.69) is 20.5 Å². The number of rotatable bonds is 4. The number of anilines is 2. The molecule has 1 saturated heterocycles. The molecule has 2 heterocycles. The minimum Gasteiger partial charge on any atom is -0.364 e. The lowest BCUT2D eigenvalue weighted by molar-refractivity contribution is 0.0724. The number of aromatic nitrogens is 3. The second-order valence-corrected chi connectivity index (χ2v) is 5.98. The smallest absolute Gasteiger partial charge is 0.273 e. The maximum Gasteiger partial charge on any atom is 0.273 e. The number of carbonyl (C=O) groups is 2. The van der Waals surface area contributed by atoms with Gasteiger partial charge in [-0.05, 0) is 50.5 Å². The van der Waals surface area contributed by atoms with E-state index in [1.165, 1.54) is 6.42 Å². The number of nitrogens with zero attached hydrogens (tertiary/aromatic N) is 4. The number of hydrogen-bond acceptors (Lipinski definition) is 6. The molecule has 8 nitrogen and oxygen atoms in total. The number of carbonyl (C=O) groups excluding carboxylic acids is 2. The van der Waals surface area contributed by atoms with Crippen LogP contribution in [0.5, 0.6) is 0 Å². The molecular formula is C17H20N6O2. The van der Waals surface area contributed by atoms with Crippen LogP contribution < -0.4 is 11.1 Å². The molecule has 0 atom stereocenters. The molecule has 1 aromatic carbocycles. The predicted octanol–water partition coefficient (Wildman–Crippen LogP) is 1.65. The van der Waals surface area contributed by atoms with Crippen molar-refractivity contribution >= 4 is 23.3 Å². The molecule has 0 unspecified atom stereocenters. The molecule has 3 N–H and O–H groups in total. The molecule has 3 rings (SSSR count). The molecule has 1 aromatic heterocycles. The van der Waals surface area contributed by atoms with Crippen LogP contribution in [0, 0.1) is 6.92 Å². The molecule has 25 heavy (non-hydrogen) atoms. The Morgan fingerprint density at radius 1 is 1.08 bits per heavy atom. The summed E-state index contributed by atoms with van der Waals surface area (Å²) in [6.45, 7) is 3.29. The van der Waals surface area contributed by atoms with E-state index < -0.39 is 5.91 Å². The molecule has 130 valence electrons. The minimum absolute atomic E-state index is 0.0286. The number of nitrogens with two attached hydrogens (primary N) is 1. The van der Waals surface area contributed by atoms with E-state index in [0.29, 0.717) is 17.1 Å². The first-order valence-electron chi connectivity index (χ1n) is 8.22. The third-order valence-corrected chi connectivity index (χ3v) is 4.06. The van der Waals surface area contributed by atoms with Gasteiger partial charge in [0.1, 0.15) is 5.82 Å². The lowest BCUT2D eigenvalue weighted by atomic mass is 10.1. The lowest BCUT2D eigenvalue weighted by Gasteiger charge is -2.26. The predicted molar refractivity (Wildman–Crippen MR) is 92.6 cm³/mol. The van der Waals surface area contributed by atoms with E-state index in [4.69, 9.17) is 5.73 Å². The van der Waals surface area contributed by atoms with E-state index in [1.807, 2.05) is 4.90 Å².